The van der Waals surface area contributed by atoms with Gasteiger partial charge in [-0.2, -0.15) is 0 Å². The standard InChI is InChI=1S/C20H33N3O5Si/c1-16(24)28-18(13-25-8-7-9-29(5,6)20(2,3)4)11-23-10-17(21-22-23)12-26-14-19-15-27-19/h10,18-19H,8,11-15H2,1-6H3/t18-,19-/m0/s1. The molecule has 162 valence electrons. The summed E-state index contributed by atoms with van der Waals surface area (Å²) >= 11 is 0. The molecule has 0 aliphatic carbocycles. The molecule has 1 aliphatic rings. The van der Waals surface area contributed by atoms with E-state index in [1.54, 1.807) is 10.9 Å². The van der Waals surface area contributed by atoms with E-state index < -0.39 is 14.2 Å². The molecule has 2 atom stereocenters. The van der Waals surface area contributed by atoms with Gasteiger partial charge in [-0.05, 0) is 5.04 Å². The number of rotatable bonds is 10. The van der Waals surface area contributed by atoms with Crippen LogP contribution >= 0.6 is 0 Å². The molecule has 29 heavy (non-hydrogen) atoms. The van der Waals surface area contributed by atoms with E-state index in [4.69, 9.17) is 18.9 Å². The Morgan fingerprint density at radius 3 is 2.76 bits per heavy atom. The van der Waals surface area contributed by atoms with Gasteiger partial charge >= 0.3 is 5.97 Å². The third-order valence-corrected chi connectivity index (χ3v) is 9.57. The predicted molar refractivity (Wildman–Crippen MR) is 111 cm³/mol. The summed E-state index contributed by atoms with van der Waals surface area (Å²) in [4.78, 5) is 11.4. The molecule has 1 aromatic rings. The van der Waals surface area contributed by atoms with Gasteiger partial charge in [-0.3, -0.25) is 4.79 Å². The second-order valence-electron chi connectivity index (χ2n) is 8.83. The van der Waals surface area contributed by atoms with Crippen molar-refractivity contribution in [3.05, 3.63) is 11.9 Å². The SMILES string of the molecule is CC(=O)O[C@H](COCC#C[Si](C)(C)C(C)(C)C)Cn1cc(COC[C@H]2CO2)nn1. The molecule has 1 aromatic heterocycles. The molecular weight excluding hydrogens is 390 g/mol. The third-order valence-electron chi connectivity index (χ3n) is 5.02. The normalized spacial score (nSPS) is 17.4. The first kappa shape index (κ1) is 23.5. The summed E-state index contributed by atoms with van der Waals surface area (Å²) in [5.74, 6) is 2.77. The number of aromatic nitrogens is 3. The summed E-state index contributed by atoms with van der Waals surface area (Å²) < 4.78 is 23.2. The van der Waals surface area contributed by atoms with Gasteiger partial charge in [0.15, 0.2) is 0 Å². The highest BCUT2D eigenvalue weighted by Crippen LogP contribution is 2.35. The van der Waals surface area contributed by atoms with E-state index in [-0.39, 0.29) is 23.7 Å². The fraction of sp³-hybridized carbons (Fsp3) is 0.750. The zero-order valence-electron chi connectivity index (χ0n) is 18.4. The smallest absolute Gasteiger partial charge is 0.303 e. The van der Waals surface area contributed by atoms with Gasteiger partial charge in [0.2, 0.25) is 0 Å². The zero-order chi connectivity index (χ0) is 21.5. The van der Waals surface area contributed by atoms with Gasteiger partial charge in [0.25, 0.3) is 0 Å². The van der Waals surface area contributed by atoms with Crippen molar-refractivity contribution in [3.63, 3.8) is 0 Å². The number of esters is 1. The highest BCUT2D eigenvalue weighted by Gasteiger charge is 2.33. The molecule has 0 spiro atoms. The van der Waals surface area contributed by atoms with Gasteiger partial charge in [0.1, 0.15) is 32.6 Å². The minimum Gasteiger partial charge on any atom is -0.458 e. The summed E-state index contributed by atoms with van der Waals surface area (Å²) in [6.45, 7) is 15.2. The average Bonchev–Trinajstić information content (AvgIpc) is 3.31. The van der Waals surface area contributed by atoms with Gasteiger partial charge in [0, 0.05) is 6.92 Å². The molecule has 0 amide bonds. The molecule has 8 nitrogen and oxygen atoms in total. The molecule has 0 saturated carbocycles. The second-order valence-corrected chi connectivity index (χ2v) is 13.8. The van der Waals surface area contributed by atoms with E-state index in [0.29, 0.717) is 32.1 Å². The van der Waals surface area contributed by atoms with Crippen LogP contribution in [0.4, 0.5) is 0 Å². The topological polar surface area (TPSA) is 88.0 Å². The van der Waals surface area contributed by atoms with Crippen molar-refractivity contribution in [2.45, 2.75) is 71.2 Å². The monoisotopic (exact) mass is 423 g/mol. The average molecular weight is 424 g/mol. The Morgan fingerprint density at radius 2 is 2.14 bits per heavy atom. The van der Waals surface area contributed by atoms with Gasteiger partial charge in [0.05, 0.1) is 39.2 Å². The van der Waals surface area contributed by atoms with Crippen LogP contribution in [-0.2, 0) is 36.9 Å². The third kappa shape index (κ3) is 8.66. The lowest BCUT2D eigenvalue weighted by atomic mass is 10.2. The van der Waals surface area contributed by atoms with E-state index in [9.17, 15) is 4.79 Å². The van der Waals surface area contributed by atoms with Crippen LogP contribution in [-0.4, -0.2) is 67.7 Å². The molecule has 2 heterocycles. The van der Waals surface area contributed by atoms with Crippen molar-refractivity contribution in [1.82, 2.24) is 15.0 Å². The Hall–Kier alpha value is -1.73. The summed E-state index contributed by atoms with van der Waals surface area (Å²) in [6.07, 6.45) is 1.54. The van der Waals surface area contributed by atoms with E-state index in [2.05, 4.69) is 55.6 Å². The van der Waals surface area contributed by atoms with Crippen LogP contribution in [0.25, 0.3) is 0 Å². The molecule has 0 unspecified atom stereocenters. The van der Waals surface area contributed by atoms with E-state index in [1.165, 1.54) is 6.92 Å². The molecule has 9 heteroatoms. The lowest BCUT2D eigenvalue weighted by molar-refractivity contribution is -0.150. The first-order valence-corrected chi connectivity index (χ1v) is 12.9. The van der Waals surface area contributed by atoms with E-state index in [1.807, 2.05) is 0 Å². The van der Waals surface area contributed by atoms with Gasteiger partial charge in [-0.25, -0.2) is 4.68 Å². The fourth-order valence-electron chi connectivity index (χ4n) is 2.21. The highest BCUT2D eigenvalue weighted by atomic mass is 28.3. The Bertz CT molecular complexity index is 728. The number of carbonyl (C=O) groups is 1. The molecule has 2 rings (SSSR count). The Morgan fingerprint density at radius 1 is 1.41 bits per heavy atom. The number of hydrogen-bond donors (Lipinski definition) is 0. The maximum Gasteiger partial charge on any atom is 0.303 e. The number of nitrogens with zero attached hydrogens (tertiary/aromatic N) is 3. The van der Waals surface area contributed by atoms with Crippen molar-refractivity contribution < 1.29 is 23.7 Å². The van der Waals surface area contributed by atoms with E-state index >= 15 is 0 Å². The van der Waals surface area contributed by atoms with Crippen molar-refractivity contribution in [1.29, 1.82) is 0 Å². The Labute approximate surface area is 174 Å². The molecular formula is C20H33N3O5Si. The largest absolute Gasteiger partial charge is 0.458 e. The molecule has 1 fully saturated rings. The molecule has 1 aliphatic heterocycles. The predicted octanol–water partition coefficient (Wildman–Crippen LogP) is 2.19. The first-order valence-electron chi connectivity index (χ1n) is 9.90. The van der Waals surface area contributed by atoms with Crippen molar-refractivity contribution in [2.75, 3.05) is 26.4 Å². The summed E-state index contributed by atoms with van der Waals surface area (Å²) in [5, 5.41) is 8.35. The van der Waals surface area contributed by atoms with Crippen LogP contribution in [0.2, 0.25) is 18.1 Å². The number of ether oxygens (including phenoxy) is 4. The van der Waals surface area contributed by atoms with Crippen molar-refractivity contribution in [3.8, 4) is 11.5 Å². The number of hydrogen-bond acceptors (Lipinski definition) is 7. The van der Waals surface area contributed by atoms with Crippen LogP contribution in [0, 0.1) is 11.5 Å². The van der Waals surface area contributed by atoms with Gasteiger partial charge in [-0.1, -0.05) is 45.0 Å². The Balaban J connectivity index is 1.80. The van der Waals surface area contributed by atoms with Crippen LogP contribution in [0.5, 0.6) is 0 Å². The Kier molecular flexibility index (Phi) is 8.40. The quantitative estimate of drug-likeness (QED) is 0.187. The summed E-state index contributed by atoms with van der Waals surface area (Å²) in [7, 11) is -1.65. The minimum atomic E-state index is -1.65. The lowest BCUT2D eigenvalue weighted by Gasteiger charge is -2.31. The number of epoxide rings is 1. The minimum absolute atomic E-state index is 0.209. The maximum absolute atomic E-state index is 11.4. The van der Waals surface area contributed by atoms with Crippen LogP contribution in [0.3, 0.4) is 0 Å². The first-order chi connectivity index (χ1) is 13.6. The van der Waals surface area contributed by atoms with Gasteiger partial charge in [-0.15, -0.1) is 10.6 Å². The summed E-state index contributed by atoms with van der Waals surface area (Å²) in [6, 6.07) is 0. The van der Waals surface area contributed by atoms with Crippen LogP contribution < -0.4 is 0 Å². The maximum atomic E-state index is 11.4. The van der Waals surface area contributed by atoms with E-state index in [0.717, 1.165) is 6.61 Å². The van der Waals surface area contributed by atoms with Crippen LogP contribution in [0.1, 0.15) is 33.4 Å². The fourth-order valence-corrected chi connectivity index (χ4v) is 3.10. The zero-order valence-corrected chi connectivity index (χ0v) is 19.4. The van der Waals surface area contributed by atoms with Crippen LogP contribution in [0.15, 0.2) is 6.20 Å². The number of carbonyl (C=O) groups excluding carboxylic acids is 1. The molecule has 0 radical (unpaired) electrons. The molecule has 0 aromatic carbocycles. The van der Waals surface area contributed by atoms with Crippen molar-refractivity contribution >= 4 is 14.0 Å². The molecule has 0 N–H and O–H groups in total. The summed E-state index contributed by atoms with van der Waals surface area (Å²) in [5.41, 5.74) is 4.12. The molecule has 0 bridgehead atoms. The second kappa shape index (κ2) is 10.3. The highest BCUT2D eigenvalue weighted by molar-refractivity contribution is 6.87. The van der Waals surface area contributed by atoms with Gasteiger partial charge < -0.3 is 18.9 Å². The lowest BCUT2D eigenvalue weighted by Crippen LogP contribution is -2.35. The molecule has 1 saturated heterocycles. The van der Waals surface area contributed by atoms with Crippen molar-refractivity contribution in [2.24, 2.45) is 0 Å².